The maximum atomic E-state index is 11.0. The Bertz CT molecular complexity index is 412. The number of hydrogen-bond donors (Lipinski definition) is 1. The van der Waals surface area contributed by atoms with Gasteiger partial charge in [-0.15, -0.1) is 0 Å². The van der Waals surface area contributed by atoms with E-state index in [2.05, 4.69) is 4.98 Å². The Labute approximate surface area is 89.2 Å². The van der Waals surface area contributed by atoms with Crippen LogP contribution in [-0.2, 0) is 4.79 Å². The van der Waals surface area contributed by atoms with Crippen LogP contribution < -0.4 is 0 Å². The second kappa shape index (κ2) is 3.05. The van der Waals surface area contributed by atoms with E-state index in [9.17, 15) is 4.79 Å². The molecule has 0 aliphatic heterocycles. The van der Waals surface area contributed by atoms with Crippen molar-refractivity contribution in [2.24, 2.45) is 11.3 Å². The van der Waals surface area contributed by atoms with Crippen molar-refractivity contribution < 1.29 is 9.90 Å². The predicted molar refractivity (Wildman–Crippen MR) is 56.6 cm³/mol. The number of carbonyl (C=O) groups is 1. The third-order valence-electron chi connectivity index (χ3n) is 3.32. The third-order valence-corrected chi connectivity index (χ3v) is 3.32. The summed E-state index contributed by atoms with van der Waals surface area (Å²) in [5, 5.41) is 9.06. The topological polar surface area (TPSA) is 50.2 Å². The molecular formula is C12H15NO2. The van der Waals surface area contributed by atoms with Crippen molar-refractivity contribution in [1.82, 2.24) is 4.98 Å². The lowest BCUT2D eigenvalue weighted by Crippen LogP contribution is -2.03. The van der Waals surface area contributed by atoms with Crippen molar-refractivity contribution in [2.45, 2.75) is 26.7 Å². The van der Waals surface area contributed by atoms with Crippen LogP contribution in [0.5, 0.6) is 0 Å². The van der Waals surface area contributed by atoms with E-state index in [-0.39, 0.29) is 17.3 Å². The molecule has 2 rings (SSSR count). The maximum absolute atomic E-state index is 11.0. The van der Waals surface area contributed by atoms with E-state index in [0.29, 0.717) is 0 Å². The number of aliphatic carboxylic acids is 1. The first-order chi connectivity index (χ1) is 6.94. The van der Waals surface area contributed by atoms with E-state index in [0.717, 1.165) is 11.4 Å². The van der Waals surface area contributed by atoms with Crippen molar-refractivity contribution in [1.29, 1.82) is 0 Å². The summed E-state index contributed by atoms with van der Waals surface area (Å²) in [6, 6.07) is 5.78. The van der Waals surface area contributed by atoms with Gasteiger partial charge in [-0.2, -0.15) is 0 Å². The molecule has 1 saturated carbocycles. The molecule has 1 aromatic rings. The van der Waals surface area contributed by atoms with Crippen LogP contribution in [0.2, 0.25) is 0 Å². The highest BCUT2D eigenvalue weighted by molar-refractivity contribution is 5.77. The summed E-state index contributed by atoms with van der Waals surface area (Å²) in [4.78, 5) is 15.4. The van der Waals surface area contributed by atoms with Crippen molar-refractivity contribution in [3.05, 3.63) is 29.6 Å². The van der Waals surface area contributed by atoms with Crippen LogP contribution in [0.3, 0.4) is 0 Å². The zero-order chi connectivity index (χ0) is 11.2. The number of nitrogens with zero attached hydrogens (tertiary/aromatic N) is 1. The average molecular weight is 205 g/mol. The van der Waals surface area contributed by atoms with Crippen LogP contribution in [0.15, 0.2) is 18.2 Å². The fraction of sp³-hybridized carbons (Fsp3) is 0.500. The van der Waals surface area contributed by atoms with Gasteiger partial charge in [-0.25, -0.2) is 0 Å². The lowest BCUT2D eigenvalue weighted by atomic mass is 10.1. The van der Waals surface area contributed by atoms with Crippen LogP contribution in [0.25, 0.3) is 0 Å². The molecular weight excluding hydrogens is 190 g/mol. The second-order valence-electron chi connectivity index (χ2n) is 4.82. The van der Waals surface area contributed by atoms with Gasteiger partial charge in [-0.3, -0.25) is 9.78 Å². The van der Waals surface area contributed by atoms with Gasteiger partial charge in [0.15, 0.2) is 0 Å². The molecule has 0 saturated heterocycles. The highest BCUT2D eigenvalue weighted by Crippen LogP contribution is 2.63. The second-order valence-corrected chi connectivity index (χ2v) is 4.82. The zero-order valence-electron chi connectivity index (χ0n) is 9.19. The van der Waals surface area contributed by atoms with Crippen LogP contribution >= 0.6 is 0 Å². The molecule has 0 radical (unpaired) electrons. The Kier molecular flexibility index (Phi) is 2.07. The molecule has 1 heterocycles. The van der Waals surface area contributed by atoms with Gasteiger partial charge in [0, 0.05) is 17.3 Å². The van der Waals surface area contributed by atoms with Gasteiger partial charge in [0.2, 0.25) is 0 Å². The highest BCUT2D eigenvalue weighted by atomic mass is 16.4. The minimum atomic E-state index is -0.715. The van der Waals surface area contributed by atoms with E-state index >= 15 is 0 Å². The summed E-state index contributed by atoms with van der Waals surface area (Å²) in [6.07, 6.45) is 0. The lowest BCUT2D eigenvalue weighted by molar-refractivity contribution is -0.139. The number of rotatable bonds is 2. The minimum absolute atomic E-state index is 0.0647. The fourth-order valence-corrected chi connectivity index (χ4v) is 2.39. The van der Waals surface area contributed by atoms with Crippen LogP contribution in [-0.4, -0.2) is 16.1 Å². The highest BCUT2D eigenvalue weighted by Gasteiger charge is 2.63. The van der Waals surface area contributed by atoms with Crippen LogP contribution in [0.4, 0.5) is 0 Å². The van der Waals surface area contributed by atoms with Gasteiger partial charge in [0.05, 0.1) is 5.92 Å². The summed E-state index contributed by atoms with van der Waals surface area (Å²) in [5.41, 5.74) is 1.69. The molecule has 3 heteroatoms. The standard InChI is InChI=1S/C12H15NO2/c1-7-5-4-6-8(13-7)9-10(11(14)15)12(9,2)3/h4-6,9-10H,1-3H3,(H,14,15)/t9-,10+/m0/s1. The largest absolute Gasteiger partial charge is 0.481 e. The number of aryl methyl sites for hydroxylation is 1. The Hall–Kier alpha value is -1.38. The summed E-state index contributed by atoms with van der Waals surface area (Å²) in [7, 11) is 0. The summed E-state index contributed by atoms with van der Waals surface area (Å²) in [6.45, 7) is 5.90. The number of pyridine rings is 1. The first-order valence-corrected chi connectivity index (χ1v) is 5.11. The molecule has 1 aromatic heterocycles. The quantitative estimate of drug-likeness (QED) is 0.805. The molecule has 0 bridgehead atoms. The molecule has 0 amide bonds. The fourth-order valence-electron chi connectivity index (χ4n) is 2.39. The molecule has 80 valence electrons. The summed E-state index contributed by atoms with van der Waals surface area (Å²) >= 11 is 0. The zero-order valence-corrected chi connectivity index (χ0v) is 9.19. The van der Waals surface area contributed by atoms with Crippen LogP contribution in [0.1, 0.15) is 31.2 Å². The average Bonchev–Trinajstić information content (AvgIpc) is 2.69. The number of carboxylic acid groups (broad SMARTS) is 1. The Morgan fingerprint density at radius 1 is 1.47 bits per heavy atom. The molecule has 3 nitrogen and oxygen atoms in total. The van der Waals surface area contributed by atoms with Gasteiger partial charge >= 0.3 is 5.97 Å². The molecule has 1 aliphatic rings. The maximum Gasteiger partial charge on any atom is 0.307 e. The van der Waals surface area contributed by atoms with Crippen molar-refractivity contribution in [3.8, 4) is 0 Å². The number of carboxylic acids is 1. The van der Waals surface area contributed by atoms with E-state index in [1.54, 1.807) is 0 Å². The third kappa shape index (κ3) is 1.52. The monoisotopic (exact) mass is 205 g/mol. The Morgan fingerprint density at radius 3 is 2.60 bits per heavy atom. The van der Waals surface area contributed by atoms with Crippen molar-refractivity contribution >= 4 is 5.97 Å². The van der Waals surface area contributed by atoms with Crippen molar-refractivity contribution in [2.75, 3.05) is 0 Å². The molecule has 1 N–H and O–H groups in total. The van der Waals surface area contributed by atoms with E-state index in [4.69, 9.17) is 5.11 Å². The Balaban J connectivity index is 2.31. The van der Waals surface area contributed by atoms with Crippen molar-refractivity contribution in [3.63, 3.8) is 0 Å². The van der Waals surface area contributed by atoms with Gasteiger partial charge in [-0.1, -0.05) is 19.9 Å². The molecule has 0 spiro atoms. The molecule has 2 atom stereocenters. The van der Waals surface area contributed by atoms with E-state index < -0.39 is 5.97 Å². The minimum Gasteiger partial charge on any atom is -0.481 e. The van der Waals surface area contributed by atoms with E-state index in [1.165, 1.54) is 0 Å². The van der Waals surface area contributed by atoms with Gasteiger partial charge in [0.1, 0.15) is 0 Å². The predicted octanol–water partition coefficient (Wildman–Crippen LogP) is 2.21. The summed E-state index contributed by atoms with van der Waals surface area (Å²) in [5.74, 6) is -0.935. The molecule has 1 aliphatic carbocycles. The number of aromatic nitrogens is 1. The number of hydrogen-bond acceptors (Lipinski definition) is 2. The normalized spacial score (nSPS) is 27.4. The SMILES string of the molecule is Cc1cccc([C@H]2[C@H](C(=O)O)C2(C)C)n1. The Morgan fingerprint density at radius 2 is 2.13 bits per heavy atom. The van der Waals surface area contributed by atoms with Crippen LogP contribution in [0, 0.1) is 18.3 Å². The first kappa shape index (κ1) is 10.1. The molecule has 0 aromatic carbocycles. The molecule has 0 unspecified atom stereocenters. The lowest BCUT2D eigenvalue weighted by Gasteiger charge is -2.02. The van der Waals surface area contributed by atoms with E-state index in [1.807, 2.05) is 39.0 Å². The summed E-state index contributed by atoms with van der Waals surface area (Å²) < 4.78 is 0. The van der Waals surface area contributed by atoms with Gasteiger partial charge in [0.25, 0.3) is 0 Å². The first-order valence-electron chi connectivity index (χ1n) is 5.11. The smallest absolute Gasteiger partial charge is 0.307 e. The molecule has 15 heavy (non-hydrogen) atoms. The van der Waals surface area contributed by atoms with Gasteiger partial charge < -0.3 is 5.11 Å². The molecule has 1 fully saturated rings. The van der Waals surface area contributed by atoms with Gasteiger partial charge in [-0.05, 0) is 24.5 Å².